The largest absolute Gasteiger partial charge is 0.357 e. The van der Waals surface area contributed by atoms with Gasteiger partial charge >= 0.3 is 53.2 Å². The van der Waals surface area contributed by atoms with Gasteiger partial charge in [-0.25, -0.2) is 0 Å². The SMILES string of the molecule is [O]=[Sb]([F])([F])[F].c1ccc([I+]c2ccccc2)cc1. The van der Waals surface area contributed by atoms with Gasteiger partial charge in [-0.2, -0.15) is 0 Å². The minimum Gasteiger partial charge on any atom is -0.0619 e. The Balaban J connectivity index is 0.000000280. The molecule has 0 unspecified atom stereocenters. The molecule has 0 bridgehead atoms. The van der Waals surface area contributed by atoms with Crippen LogP contribution in [0, 0.1) is 7.14 Å². The summed E-state index contributed by atoms with van der Waals surface area (Å²) in [5.41, 5.74) is 0. The molecular weight excluding hydrogens is 466 g/mol. The molecule has 0 aliphatic carbocycles. The Morgan fingerprint density at radius 1 is 0.722 bits per heavy atom. The van der Waals surface area contributed by atoms with E-state index >= 15 is 0 Å². The molecule has 0 aliphatic heterocycles. The van der Waals surface area contributed by atoms with Crippen LogP contribution in [0.25, 0.3) is 0 Å². The zero-order valence-corrected chi connectivity index (χ0v) is 13.9. The van der Waals surface area contributed by atoms with E-state index in [0.29, 0.717) is 0 Å². The summed E-state index contributed by atoms with van der Waals surface area (Å²) < 4.78 is 41.3. The van der Waals surface area contributed by atoms with Crippen LogP contribution in [-0.4, -0.2) is 20.5 Å². The minimum atomic E-state index is -6.85. The summed E-state index contributed by atoms with van der Waals surface area (Å²) in [5, 5.41) is 0. The maximum Gasteiger partial charge on any atom is 0.357 e. The third-order valence-electron chi connectivity index (χ3n) is 1.68. The molecule has 18 heavy (non-hydrogen) atoms. The van der Waals surface area contributed by atoms with Crippen molar-refractivity contribution in [2.45, 2.75) is 0 Å². The molecule has 0 amide bonds. The molecule has 0 N–H and O–H groups in total. The molecule has 0 atom stereocenters. The van der Waals surface area contributed by atoms with Gasteiger partial charge in [-0.15, -0.1) is 0 Å². The fraction of sp³-hybridized carbons (Fsp3) is 0. The van der Waals surface area contributed by atoms with Crippen molar-refractivity contribution in [3.8, 4) is 0 Å². The van der Waals surface area contributed by atoms with E-state index in [-0.39, 0.29) is 21.2 Å². The molecule has 0 spiro atoms. The second kappa shape index (κ2) is 7.89. The summed E-state index contributed by atoms with van der Waals surface area (Å²) in [7, 11) is 0. The molecule has 0 saturated carbocycles. The molecular formula is C12H10F3IOSb+. The molecule has 0 aliphatic rings. The fourth-order valence-electron chi connectivity index (χ4n) is 1.08. The Hall–Kier alpha value is -0.422. The quantitative estimate of drug-likeness (QED) is 0.459. The molecule has 1 nitrogen and oxygen atoms in total. The zero-order valence-electron chi connectivity index (χ0n) is 9.14. The van der Waals surface area contributed by atoms with Crippen molar-refractivity contribution in [3.63, 3.8) is 0 Å². The molecule has 2 aromatic carbocycles. The number of benzene rings is 2. The van der Waals surface area contributed by atoms with E-state index in [1.165, 1.54) is 7.14 Å². The van der Waals surface area contributed by atoms with Crippen LogP contribution in [0.2, 0.25) is 0 Å². The van der Waals surface area contributed by atoms with Crippen molar-refractivity contribution < 1.29 is 32.7 Å². The van der Waals surface area contributed by atoms with Gasteiger partial charge < -0.3 is 0 Å². The molecule has 0 aromatic heterocycles. The normalized spacial score (nSPS) is 10.4. The summed E-state index contributed by atoms with van der Waals surface area (Å²) in [6.07, 6.45) is 0. The molecule has 2 rings (SSSR count). The van der Waals surface area contributed by atoms with Crippen molar-refractivity contribution in [3.05, 3.63) is 67.8 Å². The van der Waals surface area contributed by atoms with E-state index in [4.69, 9.17) is 3.02 Å². The van der Waals surface area contributed by atoms with Crippen LogP contribution in [0.4, 0.5) is 8.44 Å². The van der Waals surface area contributed by atoms with Gasteiger partial charge in [0.1, 0.15) is 0 Å². The number of hydrogen-bond acceptors (Lipinski definition) is 1. The van der Waals surface area contributed by atoms with Crippen molar-refractivity contribution >= 4 is 20.5 Å². The Morgan fingerprint density at radius 2 is 1.00 bits per heavy atom. The van der Waals surface area contributed by atoms with Crippen LogP contribution in [0.1, 0.15) is 0 Å². The van der Waals surface area contributed by atoms with E-state index in [9.17, 15) is 8.44 Å². The Morgan fingerprint density at radius 3 is 1.28 bits per heavy atom. The van der Waals surface area contributed by atoms with Crippen molar-refractivity contribution in [2.24, 2.45) is 0 Å². The number of halogens is 4. The van der Waals surface area contributed by atoms with E-state index in [2.05, 4.69) is 60.7 Å². The second-order valence-corrected chi connectivity index (χ2v) is 8.39. The van der Waals surface area contributed by atoms with Gasteiger partial charge in [0.2, 0.25) is 0 Å². The van der Waals surface area contributed by atoms with E-state index in [1.54, 1.807) is 0 Å². The standard InChI is InChI=1S/C12H10I.3FH.O.Sb/c1-3-7-11(8-4-1)13-12-9-5-2-6-10-12;;;;;/h1-10H;3*1H;;/q+1;;;;;+3/p-3. The summed E-state index contributed by atoms with van der Waals surface area (Å²) in [4.78, 5) is 0. The zero-order chi connectivity index (χ0) is 13.4. The maximum absolute atomic E-state index is 10.00. The summed E-state index contributed by atoms with van der Waals surface area (Å²) in [6.45, 7) is 0. The Kier molecular flexibility index (Phi) is 6.86. The third-order valence-corrected chi connectivity index (χ3v) is 4.37. The summed E-state index contributed by atoms with van der Waals surface area (Å²) >= 11 is -6.82. The Bertz CT molecular complexity index is 455. The molecule has 2 aromatic rings. The van der Waals surface area contributed by atoms with Gasteiger partial charge in [-0.3, -0.25) is 0 Å². The molecule has 0 radical (unpaired) electrons. The Labute approximate surface area is 120 Å². The molecule has 0 saturated heterocycles. The van der Waals surface area contributed by atoms with Gasteiger partial charge in [-0.1, -0.05) is 36.4 Å². The van der Waals surface area contributed by atoms with Crippen LogP contribution in [0.15, 0.2) is 60.7 Å². The van der Waals surface area contributed by atoms with Crippen LogP contribution in [0.3, 0.4) is 0 Å². The third kappa shape index (κ3) is 8.64. The summed E-state index contributed by atoms with van der Waals surface area (Å²) in [5.74, 6) is 0. The first kappa shape index (κ1) is 15.6. The van der Waals surface area contributed by atoms with Gasteiger partial charge in [0.25, 0.3) is 0 Å². The van der Waals surface area contributed by atoms with Crippen molar-refractivity contribution in [1.29, 1.82) is 0 Å². The van der Waals surface area contributed by atoms with Crippen LogP contribution in [-0.2, 0) is 3.02 Å². The van der Waals surface area contributed by atoms with Crippen LogP contribution in [0.5, 0.6) is 0 Å². The molecule has 6 heteroatoms. The van der Waals surface area contributed by atoms with E-state index in [1.807, 2.05) is 0 Å². The van der Waals surface area contributed by atoms with E-state index < -0.39 is 20.5 Å². The second-order valence-electron chi connectivity index (χ2n) is 3.08. The van der Waals surface area contributed by atoms with Gasteiger partial charge in [0, 0.05) is 0 Å². The average molecular weight is 476 g/mol. The predicted molar refractivity (Wildman–Crippen MR) is 60.0 cm³/mol. The molecule has 96 valence electrons. The van der Waals surface area contributed by atoms with Gasteiger partial charge in [-0.05, 0) is 24.3 Å². The first-order valence-electron chi connectivity index (χ1n) is 4.89. The summed E-state index contributed by atoms with van der Waals surface area (Å²) in [6, 6.07) is 21.4. The maximum atomic E-state index is 10.00. The first-order chi connectivity index (χ1) is 8.45. The van der Waals surface area contributed by atoms with Gasteiger partial charge in [0.15, 0.2) is 7.14 Å². The predicted octanol–water partition coefficient (Wildman–Crippen LogP) is 0.576. The number of rotatable bonds is 2. The fourth-order valence-corrected chi connectivity index (χ4v) is 3.35. The minimum absolute atomic E-state index is 0.0287. The topological polar surface area (TPSA) is 17.1 Å². The van der Waals surface area contributed by atoms with Crippen molar-refractivity contribution in [1.82, 2.24) is 0 Å². The molecule has 0 heterocycles. The smallest absolute Gasteiger partial charge is 0.0619 e. The van der Waals surface area contributed by atoms with Crippen molar-refractivity contribution in [2.75, 3.05) is 0 Å². The van der Waals surface area contributed by atoms with Crippen LogP contribution < -0.4 is 21.2 Å². The first-order valence-corrected chi connectivity index (χ1v) is 11.0. The monoisotopic (exact) mass is 475 g/mol. The van der Waals surface area contributed by atoms with Crippen LogP contribution >= 0.6 is 0 Å². The van der Waals surface area contributed by atoms with E-state index in [0.717, 1.165) is 0 Å². The molecule has 0 fully saturated rings. The number of hydrogen-bond donors (Lipinski definition) is 0. The van der Waals surface area contributed by atoms with Gasteiger partial charge in [0.05, 0.1) is 0 Å². The average Bonchev–Trinajstić information content (AvgIpc) is 2.29.